The fourth-order valence-corrected chi connectivity index (χ4v) is 3.05. The van der Waals surface area contributed by atoms with Crippen molar-refractivity contribution in [3.8, 4) is 0 Å². The zero-order chi connectivity index (χ0) is 18.6. The Labute approximate surface area is 180 Å². The molecule has 1 aliphatic heterocycles. The molecule has 0 unspecified atom stereocenters. The van der Waals surface area contributed by atoms with Gasteiger partial charge in [-0.25, -0.2) is 0 Å². The van der Waals surface area contributed by atoms with Gasteiger partial charge in [-0.3, -0.25) is 14.6 Å². The van der Waals surface area contributed by atoms with E-state index >= 15 is 0 Å². The highest BCUT2D eigenvalue weighted by Gasteiger charge is 2.22. The number of guanidine groups is 1. The SMILES string of the molecule is CCNC(=NCCCN1CCCCCC1=O)NCCCC(=O)NC1CC1.I. The Morgan fingerprint density at radius 2 is 2.00 bits per heavy atom. The Morgan fingerprint density at radius 1 is 1.19 bits per heavy atom. The zero-order valence-corrected chi connectivity index (χ0v) is 18.9. The molecule has 2 aliphatic rings. The zero-order valence-electron chi connectivity index (χ0n) is 16.6. The van der Waals surface area contributed by atoms with Crippen LogP contribution in [0.25, 0.3) is 0 Å². The fraction of sp³-hybridized carbons (Fsp3) is 0.842. The highest BCUT2D eigenvalue weighted by molar-refractivity contribution is 14.0. The maximum atomic E-state index is 12.0. The van der Waals surface area contributed by atoms with Gasteiger partial charge in [0.05, 0.1) is 0 Å². The number of halogens is 1. The minimum Gasteiger partial charge on any atom is -0.357 e. The van der Waals surface area contributed by atoms with Crippen molar-refractivity contribution in [1.29, 1.82) is 0 Å². The third-order valence-electron chi connectivity index (χ3n) is 4.69. The van der Waals surface area contributed by atoms with Crippen LogP contribution >= 0.6 is 24.0 Å². The number of aliphatic imine (C=N–C) groups is 1. The Hall–Kier alpha value is -1.06. The average Bonchev–Trinajstić information content (AvgIpc) is 3.44. The van der Waals surface area contributed by atoms with Crippen LogP contribution < -0.4 is 16.0 Å². The maximum absolute atomic E-state index is 12.0. The van der Waals surface area contributed by atoms with Crippen LogP contribution in [0.3, 0.4) is 0 Å². The van der Waals surface area contributed by atoms with Crippen molar-refractivity contribution in [3.63, 3.8) is 0 Å². The van der Waals surface area contributed by atoms with Gasteiger partial charge in [0.2, 0.25) is 11.8 Å². The molecule has 8 heteroatoms. The Balaban J connectivity index is 0.00000364. The predicted molar refractivity (Wildman–Crippen MR) is 119 cm³/mol. The number of nitrogens with zero attached hydrogens (tertiary/aromatic N) is 2. The molecule has 0 aromatic carbocycles. The summed E-state index contributed by atoms with van der Waals surface area (Å²) in [6, 6.07) is 0.436. The summed E-state index contributed by atoms with van der Waals surface area (Å²) in [5.74, 6) is 1.23. The molecule has 0 atom stereocenters. The largest absolute Gasteiger partial charge is 0.357 e. The predicted octanol–water partition coefficient (Wildman–Crippen LogP) is 2.01. The lowest BCUT2D eigenvalue weighted by Crippen LogP contribution is -2.38. The van der Waals surface area contributed by atoms with E-state index in [1.165, 1.54) is 0 Å². The summed E-state index contributed by atoms with van der Waals surface area (Å²) < 4.78 is 0. The minimum absolute atomic E-state index is 0. The van der Waals surface area contributed by atoms with E-state index < -0.39 is 0 Å². The molecule has 7 nitrogen and oxygen atoms in total. The van der Waals surface area contributed by atoms with Crippen molar-refractivity contribution >= 4 is 41.8 Å². The van der Waals surface area contributed by atoms with E-state index in [9.17, 15) is 9.59 Å². The summed E-state index contributed by atoms with van der Waals surface area (Å²) in [4.78, 5) is 30.2. The van der Waals surface area contributed by atoms with Gasteiger partial charge in [0.15, 0.2) is 5.96 Å². The minimum atomic E-state index is 0. The number of nitrogens with one attached hydrogen (secondary N) is 3. The average molecular weight is 493 g/mol. The van der Waals surface area contributed by atoms with Gasteiger partial charge in [0.1, 0.15) is 0 Å². The monoisotopic (exact) mass is 493 g/mol. The summed E-state index contributed by atoms with van der Waals surface area (Å²) >= 11 is 0. The van der Waals surface area contributed by atoms with Crippen LogP contribution in [-0.2, 0) is 9.59 Å². The second-order valence-electron chi connectivity index (χ2n) is 7.18. The first-order valence-corrected chi connectivity index (χ1v) is 10.3. The van der Waals surface area contributed by atoms with Gasteiger partial charge in [-0.1, -0.05) is 6.42 Å². The van der Waals surface area contributed by atoms with Gasteiger partial charge < -0.3 is 20.9 Å². The lowest BCUT2D eigenvalue weighted by molar-refractivity contribution is -0.130. The number of rotatable bonds is 10. The van der Waals surface area contributed by atoms with Crippen LogP contribution in [0.4, 0.5) is 0 Å². The molecule has 27 heavy (non-hydrogen) atoms. The molecule has 2 rings (SSSR count). The van der Waals surface area contributed by atoms with Gasteiger partial charge in [-0.15, -0.1) is 24.0 Å². The Bertz CT molecular complexity index is 483. The summed E-state index contributed by atoms with van der Waals surface area (Å²) in [6.45, 7) is 5.96. The second-order valence-corrected chi connectivity index (χ2v) is 7.18. The number of likely N-dealkylation sites (tertiary alicyclic amines) is 1. The first-order valence-electron chi connectivity index (χ1n) is 10.3. The smallest absolute Gasteiger partial charge is 0.222 e. The van der Waals surface area contributed by atoms with Crippen molar-refractivity contribution < 1.29 is 9.59 Å². The number of carbonyl (C=O) groups is 2. The molecule has 0 radical (unpaired) electrons. The van der Waals surface area contributed by atoms with Gasteiger partial charge in [-0.05, 0) is 45.4 Å². The van der Waals surface area contributed by atoms with Crippen LogP contribution in [0, 0.1) is 0 Å². The highest BCUT2D eigenvalue weighted by Crippen LogP contribution is 2.18. The third kappa shape index (κ3) is 10.8. The summed E-state index contributed by atoms with van der Waals surface area (Å²) in [5.41, 5.74) is 0. The molecule has 1 saturated heterocycles. The van der Waals surface area contributed by atoms with Gasteiger partial charge >= 0.3 is 0 Å². The molecular formula is C19H36IN5O2. The van der Waals surface area contributed by atoms with E-state index in [-0.39, 0.29) is 29.9 Å². The van der Waals surface area contributed by atoms with E-state index in [1.54, 1.807) is 0 Å². The van der Waals surface area contributed by atoms with Crippen LogP contribution in [0.15, 0.2) is 4.99 Å². The number of amides is 2. The van der Waals surface area contributed by atoms with Crippen LogP contribution in [0.5, 0.6) is 0 Å². The summed E-state index contributed by atoms with van der Waals surface area (Å²) in [6.07, 6.45) is 8.50. The van der Waals surface area contributed by atoms with Gasteiger partial charge in [-0.2, -0.15) is 0 Å². The number of hydrogen-bond acceptors (Lipinski definition) is 3. The first-order chi connectivity index (χ1) is 12.7. The van der Waals surface area contributed by atoms with Crippen molar-refractivity contribution in [1.82, 2.24) is 20.9 Å². The second kappa shape index (κ2) is 14.0. The fourth-order valence-electron chi connectivity index (χ4n) is 3.05. The highest BCUT2D eigenvalue weighted by atomic mass is 127. The van der Waals surface area contributed by atoms with Gasteiger partial charge in [0, 0.05) is 51.6 Å². The third-order valence-corrected chi connectivity index (χ3v) is 4.69. The molecule has 0 spiro atoms. The topological polar surface area (TPSA) is 85.8 Å². The lowest BCUT2D eigenvalue weighted by atomic mass is 10.2. The molecule has 2 fully saturated rings. The number of carbonyl (C=O) groups excluding carboxylic acids is 2. The standard InChI is InChI=1S/C19H35N5O2.HI/c1-2-20-19(21-12-6-8-17(25)23-16-10-11-16)22-13-7-15-24-14-5-3-4-9-18(24)26;/h16H,2-15H2,1H3,(H,23,25)(H2,20,21,22);1H. The van der Waals surface area contributed by atoms with E-state index in [0.717, 1.165) is 77.1 Å². The van der Waals surface area contributed by atoms with Gasteiger partial charge in [0.25, 0.3) is 0 Å². The Kier molecular flexibility index (Phi) is 12.4. The summed E-state index contributed by atoms with van der Waals surface area (Å²) in [7, 11) is 0. The van der Waals surface area contributed by atoms with Crippen molar-refractivity contribution in [3.05, 3.63) is 0 Å². The lowest BCUT2D eigenvalue weighted by Gasteiger charge is -2.20. The first kappa shape index (κ1) is 24.0. The van der Waals surface area contributed by atoms with E-state index in [1.807, 2.05) is 11.8 Å². The molecule has 0 bridgehead atoms. The van der Waals surface area contributed by atoms with Crippen LogP contribution in [0.1, 0.15) is 64.7 Å². The molecular weight excluding hydrogens is 457 g/mol. The molecule has 2 amide bonds. The maximum Gasteiger partial charge on any atom is 0.222 e. The molecule has 1 heterocycles. The molecule has 0 aromatic heterocycles. The number of hydrogen-bond donors (Lipinski definition) is 3. The molecule has 1 saturated carbocycles. The quantitative estimate of drug-likeness (QED) is 0.188. The normalized spacial score (nSPS) is 17.7. The van der Waals surface area contributed by atoms with Crippen LogP contribution in [0.2, 0.25) is 0 Å². The van der Waals surface area contributed by atoms with Crippen LogP contribution in [-0.4, -0.2) is 61.4 Å². The molecule has 0 aromatic rings. The van der Waals surface area contributed by atoms with Crippen molar-refractivity contribution in [2.45, 2.75) is 70.8 Å². The Morgan fingerprint density at radius 3 is 2.74 bits per heavy atom. The van der Waals surface area contributed by atoms with E-state index in [2.05, 4.69) is 20.9 Å². The summed E-state index contributed by atoms with van der Waals surface area (Å²) in [5, 5.41) is 9.51. The molecule has 3 N–H and O–H groups in total. The molecule has 1 aliphatic carbocycles. The van der Waals surface area contributed by atoms with E-state index in [0.29, 0.717) is 31.3 Å². The van der Waals surface area contributed by atoms with E-state index in [4.69, 9.17) is 0 Å². The van der Waals surface area contributed by atoms with Crippen molar-refractivity contribution in [2.24, 2.45) is 4.99 Å². The molecule has 156 valence electrons. The van der Waals surface area contributed by atoms with Crippen molar-refractivity contribution in [2.75, 3.05) is 32.7 Å².